The Balaban J connectivity index is 1.94. The Labute approximate surface area is 63.8 Å². The second-order valence-corrected chi connectivity index (χ2v) is 2.84. The van der Waals surface area contributed by atoms with Gasteiger partial charge in [-0.3, -0.25) is 10.1 Å². The fraction of sp³-hybridized carbons (Fsp3) is 0.833. The number of hydrogen-bond acceptors (Lipinski definition) is 5. The quantitative estimate of drug-likeness (QED) is 0.528. The van der Waals surface area contributed by atoms with Crippen LogP contribution in [0.1, 0.15) is 6.42 Å². The summed E-state index contributed by atoms with van der Waals surface area (Å²) in [4.78, 5) is 11.0. The van der Waals surface area contributed by atoms with Crippen molar-refractivity contribution < 1.29 is 9.53 Å². The molecule has 0 aliphatic carbocycles. The minimum atomic E-state index is -0.265. The largest absolute Gasteiger partial charge is 0.468 e. The highest BCUT2D eigenvalue weighted by Gasteiger charge is 2.49. The van der Waals surface area contributed by atoms with Crippen LogP contribution in [0, 0.1) is 0 Å². The van der Waals surface area contributed by atoms with Crippen molar-refractivity contribution in [3.8, 4) is 0 Å². The van der Waals surface area contributed by atoms with Gasteiger partial charge in [-0.15, -0.1) is 0 Å². The maximum absolute atomic E-state index is 11.0. The number of rotatable bonds is 1. The zero-order valence-electron chi connectivity index (χ0n) is 6.20. The van der Waals surface area contributed by atoms with Gasteiger partial charge in [-0.1, -0.05) is 0 Å². The third kappa shape index (κ3) is 1.01. The Morgan fingerprint density at radius 1 is 1.73 bits per heavy atom. The highest BCUT2D eigenvalue weighted by molar-refractivity contribution is 5.76. The van der Waals surface area contributed by atoms with Crippen LogP contribution in [0.15, 0.2) is 10.2 Å². The second kappa shape index (κ2) is 2.01. The Bertz CT molecular complexity index is 220. The lowest BCUT2D eigenvalue weighted by molar-refractivity contribution is -0.142. The van der Waals surface area contributed by atoms with E-state index in [1.54, 1.807) is 0 Å². The normalized spacial score (nSPS) is 30.8. The van der Waals surface area contributed by atoms with Crippen molar-refractivity contribution in [1.82, 2.24) is 5.32 Å². The molecule has 5 heteroatoms. The molecule has 2 heterocycles. The van der Waals surface area contributed by atoms with E-state index >= 15 is 0 Å². The van der Waals surface area contributed by atoms with Crippen LogP contribution >= 0.6 is 0 Å². The molecule has 0 amide bonds. The van der Waals surface area contributed by atoms with E-state index in [9.17, 15) is 4.79 Å². The third-order valence-electron chi connectivity index (χ3n) is 2.03. The van der Waals surface area contributed by atoms with Gasteiger partial charge >= 0.3 is 5.97 Å². The fourth-order valence-electron chi connectivity index (χ4n) is 1.29. The van der Waals surface area contributed by atoms with Gasteiger partial charge in [-0.25, -0.2) is 0 Å². The number of hydrogen-bond donors (Lipinski definition) is 1. The summed E-state index contributed by atoms with van der Waals surface area (Å²) >= 11 is 0. The summed E-state index contributed by atoms with van der Waals surface area (Å²) in [5.74, 6) is -0.223. The lowest BCUT2D eigenvalue weighted by Gasteiger charge is -2.04. The number of methoxy groups -OCH3 is 1. The van der Waals surface area contributed by atoms with E-state index in [0.717, 1.165) is 0 Å². The van der Waals surface area contributed by atoms with Crippen LogP contribution in [0.25, 0.3) is 0 Å². The second-order valence-electron chi connectivity index (χ2n) is 2.84. The molecule has 5 nitrogen and oxygen atoms in total. The van der Waals surface area contributed by atoms with Crippen LogP contribution in [0.3, 0.4) is 0 Å². The molecule has 0 bridgehead atoms. The van der Waals surface area contributed by atoms with Gasteiger partial charge in [0.05, 0.1) is 7.11 Å². The van der Waals surface area contributed by atoms with Crippen LogP contribution in [0.4, 0.5) is 0 Å². The lowest BCUT2D eigenvalue weighted by Crippen LogP contribution is -2.31. The minimum absolute atomic E-state index is 0.213. The molecular weight excluding hydrogens is 146 g/mol. The Morgan fingerprint density at radius 3 is 2.91 bits per heavy atom. The smallest absolute Gasteiger partial charge is 0.323 e. The number of nitrogens with zero attached hydrogens (tertiary/aromatic N) is 2. The third-order valence-corrected chi connectivity index (χ3v) is 2.03. The Morgan fingerprint density at radius 2 is 2.45 bits per heavy atom. The molecule has 0 saturated carbocycles. The fourth-order valence-corrected chi connectivity index (χ4v) is 1.29. The molecule has 1 spiro atoms. The van der Waals surface area contributed by atoms with Crippen molar-refractivity contribution in [3.63, 3.8) is 0 Å². The van der Waals surface area contributed by atoms with Crippen molar-refractivity contribution in [1.29, 1.82) is 0 Å². The van der Waals surface area contributed by atoms with E-state index in [1.165, 1.54) is 7.11 Å². The van der Waals surface area contributed by atoms with Gasteiger partial charge in [-0.2, -0.15) is 10.2 Å². The summed E-state index contributed by atoms with van der Waals surface area (Å²) in [6.45, 7) is 0.673. The summed E-state index contributed by atoms with van der Waals surface area (Å²) in [7, 11) is 1.39. The van der Waals surface area contributed by atoms with Crippen molar-refractivity contribution in [2.24, 2.45) is 10.2 Å². The summed E-state index contributed by atoms with van der Waals surface area (Å²) in [6.07, 6.45) is 0.652. The highest BCUT2D eigenvalue weighted by atomic mass is 16.5. The molecule has 0 aromatic carbocycles. The molecule has 1 atom stereocenters. The van der Waals surface area contributed by atoms with E-state index in [-0.39, 0.29) is 17.7 Å². The molecular formula is C6H9N3O2. The number of ether oxygens (including phenoxy) is 1. The Kier molecular flexibility index (Phi) is 1.23. The van der Waals surface area contributed by atoms with Gasteiger partial charge in [0.15, 0.2) is 0 Å². The molecule has 1 fully saturated rings. The van der Waals surface area contributed by atoms with E-state index in [0.29, 0.717) is 13.0 Å². The van der Waals surface area contributed by atoms with Crippen molar-refractivity contribution in [3.05, 3.63) is 0 Å². The van der Waals surface area contributed by atoms with Crippen molar-refractivity contribution in [2.75, 3.05) is 13.7 Å². The van der Waals surface area contributed by atoms with Crippen LogP contribution in [0.2, 0.25) is 0 Å². The minimum Gasteiger partial charge on any atom is -0.468 e. The van der Waals surface area contributed by atoms with E-state index in [4.69, 9.17) is 0 Å². The maximum Gasteiger partial charge on any atom is 0.323 e. The SMILES string of the molecule is COC(=O)[C@@H]1CC2(CN1)N=N2. The summed E-state index contributed by atoms with van der Waals surface area (Å²) < 4.78 is 4.57. The predicted octanol–water partition coefficient (Wildman–Crippen LogP) is -0.317. The predicted molar refractivity (Wildman–Crippen MR) is 36.0 cm³/mol. The van der Waals surface area contributed by atoms with Crippen LogP contribution in [-0.2, 0) is 9.53 Å². The summed E-state index contributed by atoms with van der Waals surface area (Å²) in [5, 5.41) is 10.7. The molecule has 1 saturated heterocycles. The number of carbonyl (C=O) groups is 1. The van der Waals surface area contributed by atoms with Gasteiger partial charge in [0.1, 0.15) is 6.04 Å². The first-order valence-corrected chi connectivity index (χ1v) is 3.51. The monoisotopic (exact) mass is 155 g/mol. The summed E-state index contributed by atoms with van der Waals surface area (Å²) in [6, 6.07) is -0.213. The standard InChI is InChI=1S/C6H9N3O2/c1-11-5(10)4-2-6(3-7-4)8-9-6/h4,7H,2-3H2,1H3/t4-/m0/s1. The first-order valence-electron chi connectivity index (χ1n) is 3.51. The molecule has 0 unspecified atom stereocenters. The van der Waals surface area contributed by atoms with E-state index < -0.39 is 0 Å². The van der Waals surface area contributed by atoms with Crippen molar-refractivity contribution >= 4 is 5.97 Å². The van der Waals surface area contributed by atoms with E-state index in [1.807, 2.05) is 0 Å². The highest BCUT2D eigenvalue weighted by Crippen LogP contribution is 2.36. The molecule has 1 N–H and O–H groups in total. The van der Waals surface area contributed by atoms with Gasteiger partial charge in [0.25, 0.3) is 0 Å². The molecule has 2 aliphatic rings. The molecule has 2 aliphatic heterocycles. The van der Waals surface area contributed by atoms with Gasteiger partial charge in [0, 0.05) is 13.0 Å². The van der Waals surface area contributed by atoms with Crippen LogP contribution in [-0.4, -0.2) is 31.3 Å². The Hall–Kier alpha value is -0.970. The summed E-state index contributed by atoms with van der Waals surface area (Å²) in [5.41, 5.74) is -0.265. The topological polar surface area (TPSA) is 63.0 Å². The van der Waals surface area contributed by atoms with Gasteiger partial charge in [0.2, 0.25) is 5.66 Å². The molecule has 0 aromatic heterocycles. The van der Waals surface area contributed by atoms with E-state index in [2.05, 4.69) is 20.3 Å². The molecule has 0 aromatic rings. The zero-order valence-corrected chi connectivity index (χ0v) is 6.20. The van der Waals surface area contributed by atoms with Gasteiger partial charge in [-0.05, 0) is 0 Å². The average Bonchev–Trinajstić information content (AvgIpc) is 2.61. The lowest BCUT2D eigenvalue weighted by atomic mass is 10.1. The van der Waals surface area contributed by atoms with Gasteiger partial charge < -0.3 is 4.74 Å². The zero-order chi connectivity index (χ0) is 7.90. The first-order chi connectivity index (χ1) is 5.26. The number of carbonyl (C=O) groups excluding carboxylic acids is 1. The number of esters is 1. The average molecular weight is 155 g/mol. The number of nitrogens with one attached hydrogen (secondary N) is 1. The molecule has 11 heavy (non-hydrogen) atoms. The van der Waals surface area contributed by atoms with Crippen molar-refractivity contribution in [2.45, 2.75) is 18.1 Å². The molecule has 2 rings (SSSR count). The first kappa shape index (κ1) is 6.72. The maximum atomic E-state index is 11.0. The van der Waals surface area contributed by atoms with Crippen LogP contribution < -0.4 is 5.32 Å². The van der Waals surface area contributed by atoms with Crippen LogP contribution in [0.5, 0.6) is 0 Å². The molecule has 60 valence electrons. The molecule has 0 radical (unpaired) electrons.